The molecule has 0 atom stereocenters. The summed E-state index contributed by atoms with van der Waals surface area (Å²) < 4.78 is 1.92. The van der Waals surface area contributed by atoms with Gasteiger partial charge in [0.25, 0.3) is 0 Å². The summed E-state index contributed by atoms with van der Waals surface area (Å²) in [4.78, 5) is 14.1. The third kappa shape index (κ3) is 2.80. The van der Waals surface area contributed by atoms with Crippen molar-refractivity contribution in [2.75, 3.05) is 13.1 Å². The molecule has 6 heteroatoms. The third-order valence-electron chi connectivity index (χ3n) is 4.43. The van der Waals surface area contributed by atoms with Gasteiger partial charge in [-0.3, -0.25) is 4.68 Å². The van der Waals surface area contributed by atoms with E-state index in [1.165, 1.54) is 5.69 Å². The lowest BCUT2D eigenvalue weighted by molar-refractivity contribution is 0.195. The minimum atomic E-state index is 0.00257. The van der Waals surface area contributed by atoms with Crippen LogP contribution in [0.15, 0.2) is 6.20 Å². The zero-order chi connectivity index (χ0) is 14.2. The molecule has 6 nitrogen and oxygen atoms in total. The summed E-state index contributed by atoms with van der Waals surface area (Å²) in [7, 11) is 1.96. The molecule has 1 aliphatic heterocycles. The minimum Gasteiger partial charge on any atom is -0.338 e. The lowest BCUT2D eigenvalue weighted by Crippen LogP contribution is -2.41. The zero-order valence-electron chi connectivity index (χ0n) is 12.1. The number of nitrogens with one attached hydrogen (secondary N) is 1. The Kier molecular flexibility index (Phi) is 3.41. The SMILES string of the molecule is Cn1ncc2c1CCCN(C(=O)NCCC1(N)CC1)C2. The largest absolute Gasteiger partial charge is 0.338 e. The Balaban J connectivity index is 1.55. The first-order chi connectivity index (χ1) is 9.57. The monoisotopic (exact) mass is 277 g/mol. The number of aryl methyl sites for hydroxylation is 1. The Hall–Kier alpha value is -1.56. The summed E-state index contributed by atoms with van der Waals surface area (Å²) in [6.07, 6.45) is 6.91. The van der Waals surface area contributed by atoms with Gasteiger partial charge in [0.2, 0.25) is 0 Å². The molecule has 0 aromatic carbocycles. The molecule has 1 aliphatic carbocycles. The van der Waals surface area contributed by atoms with Crippen LogP contribution in [0.1, 0.15) is 36.9 Å². The molecule has 1 aromatic heterocycles. The van der Waals surface area contributed by atoms with Crippen LogP contribution in [0.2, 0.25) is 0 Å². The Bertz CT molecular complexity index is 506. The van der Waals surface area contributed by atoms with Gasteiger partial charge in [-0.2, -0.15) is 5.10 Å². The van der Waals surface area contributed by atoms with E-state index in [-0.39, 0.29) is 11.6 Å². The number of rotatable bonds is 3. The highest BCUT2D eigenvalue weighted by Crippen LogP contribution is 2.34. The molecule has 0 spiro atoms. The molecule has 0 saturated heterocycles. The van der Waals surface area contributed by atoms with Crippen molar-refractivity contribution in [3.63, 3.8) is 0 Å². The van der Waals surface area contributed by atoms with Gasteiger partial charge in [-0.25, -0.2) is 4.79 Å². The van der Waals surface area contributed by atoms with E-state index in [1.54, 1.807) is 0 Å². The van der Waals surface area contributed by atoms with E-state index in [9.17, 15) is 4.79 Å². The molecule has 3 rings (SSSR count). The van der Waals surface area contributed by atoms with Crippen molar-refractivity contribution in [3.05, 3.63) is 17.5 Å². The number of nitrogens with zero attached hydrogens (tertiary/aromatic N) is 3. The van der Waals surface area contributed by atoms with Crippen LogP contribution in [0.3, 0.4) is 0 Å². The predicted octanol–water partition coefficient (Wildman–Crippen LogP) is 0.759. The van der Waals surface area contributed by atoms with Gasteiger partial charge in [0.1, 0.15) is 0 Å². The smallest absolute Gasteiger partial charge is 0.317 e. The fourth-order valence-corrected chi connectivity index (χ4v) is 2.80. The average molecular weight is 277 g/mol. The summed E-state index contributed by atoms with van der Waals surface area (Å²) >= 11 is 0. The number of carbonyl (C=O) groups is 1. The third-order valence-corrected chi connectivity index (χ3v) is 4.43. The molecule has 2 amide bonds. The van der Waals surface area contributed by atoms with Crippen molar-refractivity contribution in [1.82, 2.24) is 20.0 Å². The predicted molar refractivity (Wildman–Crippen MR) is 76.1 cm³/mol. The van der Waals surface area contributed by atoms with Crippen molar-refractivity contribution >= 4 is 6.03 Å². The molecule has 0 bridgehead atoms. The Morgan fingerprint density at radius 3 is 3.10 bits per heavy atom. The maximum Gasteiger partial charge on any atom is 0.317 e. The van der Waals surface area contributed by atoms with E-state index in [4.69, 9.17) is 5.73 Å². The molecule has 0 radical (unpaired) electrons. The lowest BCUT2D eigenvalue weighted by Gasteiger charge is -2.21. The van der Waals surface area contributed by atoms with Crippen LogP contribution >= 0.6 is 0 Å². The van der Waals surface area contributed by atoms with Gasteiger partial charge in [0.05, 0.1) is 12.7 Å². The van der Waals surface area contributed by atoms with E-state index in [0.717, 1.165) is 44.2 Å². The molecule has 3 N–H and O–H groups in total. The second-order valence-corrected chi connectivity index (χ2v) is 6.11. The maximum atomic E-state index is 12.2. The van der Waals surface area contributed by atoms with Crippen molar-refractivity contribution in [2.24, 2.45) is 12.8 Å². The van der Waals surface area contributed by atoms with Crippen molar-refractivity contribution < 1.29 is 4.79 Å². The molecule has 1 fully saturated rings. The molecule has 0 unspecified atom stereocenters. The lowest BCUT2D eigenvalue weighted by atomic mass is 10.2. The molecule has 2 aliphatic rings. The van der Waals surface area contributed by atoms with Crippen molar-refractivity contribution in [2.45, 2.75) is 44.2 Å². The van der Waals surface area contributed by atoms with Gasteiger partial charge < -0.3 is 16.0 Å². The molecular formula is C14H23N5O. The number of carbonyl (C=O) groups excluding carboxylic acids is 1. The van der Waals surface area contributed by atoms with E-state index in [1.807, 2.05) is 22.8 Å². The fraction of sp³-hybridized carbons (Fsp3) is 0.714. The first kappa shape index (κ1) is 13.4. The molecule has 110 valence electrons. The Morgan fingerprint density at radius 1 is 1.55 bits per heavy atom. The number of hydrogen-bond acceptors (Lipinski definition) is 3. The van der Waals surface area contributed by atoms with E-state index in [0.29, 0.717) is 13.1 Å². The maximum absolute atomic E-state index is 12.2. The fourth-order valence-electron chi connectivity index (χ4n) is 2.80. The van der Waals surface area contributed by atoms with Crippen molar-refractivity contribution in [3.8, 4) is 0 Å². The summed E-state index contributed by atoms with van der Waals surface area (Å²) in [6, 6.07) is 0.0194. The topological polar surface area (TPSA) is 76.2 Å². The quantitative estimate of drug-likeness (QED) is 0.856. The van der Waals surface area contributed by atoms with Crippen LogP contribution in [0.5, 0.6) is 0 Å². The number of hydrogen-bond donors (Lipinski definition) is 2. The van der Waals surface area contributed by atoms with Gasteiger partial charge in [-0.1, -0.05) is 0 Å². The normalized spacial score (nSPS) is 20.2. The minimum absolute atomic E-state index is 0.00257. The molecular weight excluding hydrogens is 254 g/mol. The number of aromatic nitrogens is 2. The average Bonchev–Trinajstić information content (AvgIpc) is 3.11. The Morgan fingerprint density at radius 2 is 2.35 bits per heavy atom. The highest BCUT2D eigenvalue weighted by molar-refractivity contribution is 5.74. The van der Waals surface area contributed by atoms with Crippen LogP contribution in [0.25, 0.3) is 0 Å². The second kappa shape index (κ2) is 5.09. The Labute approximate surface area is 119 Å². The highest BCUT2D eigenvalue weighted by atomic mass is 16.2. The van der Waals surface area contributed by atoms with Gasteiger partial charge in [-0.15, -0.1) is 0 Å². The van der Waals surface area contributed by atoms with Gasteiger partial charge >= 0.3 is 6.03 Å². The van der Waals surface area contributed by atoms with Crippen LogP contribution in [-0.2, 0) is 20.0 Å². The number of fused-ring (bicyclic) bond motifs is 1. The van der Waals surface area contributed by atoms with Gasteiger partial charge in [0, 0.05) is 36.9 Å². The number of nitrogens with two attached hydrogens (primary N) is 1. The van der Waals surface area contributed by atoms with Gasteiger partial charge in [0.15, 0.2) is 0 Å². The first-order valence-electron chi connectivity index (χ1n) is 7.39. The molecule has 20 heavy (non-hydrogen) atoms. The summed E-state index contributed by atoms with van der Waals surface area (Å²) in [5.74, 6) is 0. The summed E-state index contributed by atoms with van der Waals surface area (Å²) in [6.45, 7) is 2.13. The molecule has 2 heterocycles. The van der Waals surface area contributed by atoms with Crippen molar-refractivity contribution in [1.29, 1.82) is 0 Å². The van der Waals surface area contributed by atoms with E-state index >= 15 is 0 Å². The second-order valence-electron chi connectivity index (χ2n) is 6.11. The first-order valence-corrected chi connectivity index (χ1v) is 7.39. The molecule has 1 saturated carbocycles. The van der Waals surface area contributed by atoms with Gasteiger partial charge in [-0.05, 0) is 32.1 Å². The zero-order valence-corrected chi connectivity index (χ0v) is 12.1. The standard InChI is InChI=1S/C14H23N5O/c1-18-12-3-2-8-19(10-11(12)9-17-18)13(20)16-7-6-14(15)4-5-14/h9H,2-8,10,15H2,1H3,(H,16,20). The number of amides is 2. The van der Waals surface area contributed by atoms with Crippen LogP contribution in [0, 0.1) is 0 Å². The molecule has 1 aromatic rings. The van der Waals surface area contributed by atoms with E-state index in [2.05, 4.69) is 10.4 Å². The van der Waals surface area contributed by atoms with E-state index < -0.39 is 0 Å². The van der Waals surface area contributed by atoms with Crippen LogP contribution < -0.4 is 11.1 Å². The number of urea groups is 1. The summed E-state index contributed by atoms with van der Waals surface area (Å²) in [5, 5.41) is 7.27. The summed E-state index contributed by atoms with van der Waals surface area (Å²) in [5.41, 5.74) is 8.44. The van der Waals surface area contributed by atoms with Crippen LogP contribution in [0.4, 0.5) is 4.79 Å². The highest BCUT2D eigenvalue weighted by Gasteiger charge is 2.37. The van der Waals surface area contributed by atoms with Crippen LogP contribution in [-0.4, -0.2) is 39.3 Å².